The number of piperidine rings is 1. The Hall–Kier alpha value is -3.54. The SMILES string of the molecule is O=C(O)C1CCCCN1C(=O)c1ccc(COc2ccc(-c3ccccc3)cc2)o1. The van der Waals surface area contributed by atoms with Crippen molar-refractivity contribution in [3.05, 3.63) is 78.3 Å². The van der Waals surface area contributed by atoms with E-state index in [1.165, 1.54) is 4.90 Å². The molecule has 1 N–H and O–H groups in total. The minimum atomic E-state index is -0.975. The van der Waals surface area contributed by atoms with Crippen molar-refractivity contribution in [2.24, 2.45) is 0 Å². The third-order valence-corrected chi connectivity index (χ3v) is 5.26. The van der Waals surface area contributed by atoms with Gasteiger partial charge in [-0.15, -0.1) is 0 Å². The highest BCUT2D eigenvalue weighted by Gasteiger charge is 2.33. The molecule has 2 heterocycles. The molecule has 0 bridgehead atoms. The molecular formula is C24H23NO5. The largest absolute Gasteiger partial charge is 0.486 e. The molecule has 0 radical (unpaired) electrons. The van der Waals surface area contributed by atoms with Gasteiger partial charge in [-0.2, -0.15) is 0 Å². The summed E-state index contributed by atoms with van der Waals surface area (Å²) < 4.78 is 11.4. The summed E-state index contributed by atoms with van der Waals surface area (Å²) in [5.41, 5.74) is 2.24. The molecule has 30 heavy (non-hydrogen) atoms. The predicted molar refractivity (Wildman–Crippen MR) is 111 cm³/mol. The van der Waals surface area contributed by atoms with Gasteiger partial charge >= 0.3 is 5.97 Å². The maximum absolute atomic E-state index is 12.7. The fraction of sp³-hybridized carbons (Fsp3) is 0.250. The summed E-state index contributed by atoms with van der Waals surface area (Å²) in [6.07, 6.45) is 2.07. The molecule has 1 unspecified atom stereocenters. The van der Waals surface area contributed by atoms with Crippen LogP contribution in [0.3, 0.4) is 0 Å². The molecule has 3 aromatic rings. The number of furan rings is 1. The number of carbonyl (C=O) groups excluding carboxylic acids is 1. The number of hydrogen-bond donors (Lipinski definition) is 1. The van der Waals surface area contributed by atoms with Crippen molar-refractivity contribution in [1.29, 1.82) is 0 Å². The van der Waals surface area contributed by atoms with Crippen LogP contribution in [-0.2, 0) is 11.4 Å². The van der Waals surface area contributed by atoms with Crippen LogP contribution < -0.4 is 4.74 Å². The van der Waals surface area contributed by atoms with Gasteiger partial charge in [-0.1, -0.05) is 42.5 Å². The summed E-state index contributed by atoms with van der Waals surface area (Å²) in [6, 6.07) is 20.3. The lowest BCUT2D eigenvalue weighted by Crippen LogP contribution is -2.47. The molecule has 1 aliphatic heterocycles. The highest BCUT2D eigenvalue weighted by atomic mass is 16.5. The second-order valence-electron chi connectivity index (χ2n) is 7.29. The third kappa shape index (κ3) is 4.38. The molecule has 1 amide bonds. The average molecular weight is 405 g/mol. The maximum Gasteiger partial charge on any atom is 0.326 e. The van der Waals surface area contributed by atoms with Crippen LogP contribution in [0.2, 0.25) is 0 Å². The van der Waals surface area contributed by atoms with Crippen LogP contribution in [0.15, 0.2) is 71.1 Å². The molecule has 6 nitrogen and oxygen atoms in total. The van der Waals surface area contributed by atoms with Crippen LogP contribution in [0.25, 0.3) is 11.1 Å². The number of ether oxygens (including phenoxy) is 1. The van der Waals surface area contributed by atoms with E-state index >= 15 is 0 Å². The van der Waals surface area contributed by atoms with E-state index in [4.69, 9.17) is 9.15 Å². The Kier molecular flexibility index (Phi) is 5.84. The van der Waals surface area contributed by atoms with Crippen LogP contribution in [0.1, 0.15) is 35.6 Å². The van der Waals surface area contributed by atoms with E-state index in [1.54, 1.807) is 12.1 Å². The molecule has 1 saturated heterocycles. The van der Waals surface area contributed by atoms with Crippen molar-refractivity contribution >= 4 is 11.9 Å². The minimum absolute atomic E-state index is 0.140. The van der Waals surface area contributed by atoms with Crippen LogP contribution >= 0.6 is 0 Å². The fourth-order valence-corrected chi connectivity index (χ4v) is 3.67. The number of carbonyl (C=O) groups is 2. The van der Waals surface area contributed by atoms with Crippen LogP contribution in [-0.4, -0.2) is 34.5 Å². The molecule has 1 fully saturated rings. The van der Waals surface area contributed by atoms with Crippen molar-refractivity contribution in [3.63, 3.8) is 0 Å². The number of carboxylic acid groups (broad SMARTS) is 1. The smallest absolute Gasteiger partial charge is 0.326 e. The van der Waals surface area contributed by atoms with Crippen molar-refractivity contribution in [3.8, 4) is 16.9 Å². The van der Waals surface area contributed by atoms with Crippen LogP contribution in [0.4, 0.5) is 0 Å². The molecule has 2 aromatic carbocycles. The van der Waals surface area contributed by atoms with E-state index < -0.39 is 12.0 Å². The molecule has 154 valence electrons. The quantitative estimate of drug-likeness (QED) is 0.648. The first-order valence-electron chi connectivity index (χ1n) is 10.0. The molecular weight excluding hydrogens is 382 g/mol. The predicted octanol–water partition coefficient (Wildman–Crippen LogP) is 4.60. The Bertz CT molecular complexity index is 1010. The van der Waals surface area contributed by atoms with E-state index in [-0.39, 0.29) is 18.3 Å². The summed E-state index contributed by atoms with van der Waals surface area (Å²) in [4.78, 5) is 25.5. The van der Waals surface area contributed by atoms with Gasteiger partial charge in [-0.25, -0.2) is 4.79 Å². The summed E-state index contributed by atoms with van der Waals surface area (Å²) in [5, 5.41) is 9.37. The first-order valence-corrected chi connectivity index (χ1v) is 10.0. The highest BCUT2D eigenvalue weighted by Crippen LogP contribution is 2.24. The number of aliphatic carboxylic acids is 1. The van der Waals surface area contributed by atoms with Crippen molar-refractivity contribution < 1.29 is 23.8 Å². The Labute approximate surface area is 174 Å². The maximum atomic E-state index is 12.7. The summed E-state index contributed by atoms with van der Waals surface area (Å²) in [5.74, 6) is -0.0193. The van der Waals surface area contributed by atoms with Gasteiger partial charge in [0, 0.05) is 6.54 Å². The third-order valence-electron chi connectivity index (χ3n) is 5.26. The zero-order valence-corrected chi connectivity index (χ0v) is 16.5. The minimum Gasteiger partial charge on any atom is -0.486 e. The second kappa shape index (κ2) is 8.86. The van der Waals surface area contributed by atoms with Crippen molar-refractivity contribution in [1.82, 2.24) is 4.90 Å². The van der Waals surface area contributed by atoms with Gasteiger partial charge in [0.2, 0.25) is 0 Å². The number of carboxylic acids is 1. The standard InChI is InChI=1S/C24H23NO5/c26-23(25-15-5-4-8-21(25)24(27)28)22-14-13-20(30-22)16-29-19-11-9-18(10-12-19)17-6-2-1-3-7-17/h1-3,6-7,9-14,21H,4-5,8,15-16H2,(H,27,28). The van der Waals surface area contributed by atoms with Gasteiger partial charge in [-0.3, -0.25) is 4.79 Å². The number of benzene rings is 2. The number of hydrogen-bond acceptors (Lipinski definition) is 4. The summed E-state index contributed by atoms with van der Waals surface area (Å²) in [6.45, 7) is 0.608. The average Bonchev–Trinajstić information content (AvgIpc) is 3.27. The lowest BCUT2D eigenvalue weighted by Gasteiger charge is -2.32. The fourth-order valence-electron chi connectivity index (χ4n) is 3.67. The van der Waals surface area contributed by atoms with E-state index in [9.17, 15) is 14.7 Å². The Morgan fingerprint density at radius 2 is 1.70 bits per heavy atom. The van der Waals surface area contributed by atoms with Gasteiger partial charge in [-0.05, 0) is 54.7 Å². The molecule has 0 saturated carbocycles. The molecule has 1 atom stereocenters. The normalized spacial score (nSPS) is 16.3. The van der Waals surface area contributed by atoms with Crippen molar-refractivity contribution in [2.45, 2.75) is 31.9 Å². The second-order valence-corrected chi connectivity index (χ2v) is 7.29. The summed E-state index contributed by atoms with van der Waals surface area (Å²) in [7, 11) is 0. The first kappa shape index (κ1) is 19.8. The molecule has 0 aliphatic carbocycles. The van der Waals surface area contributed by atoms with Gasteiger partial charge in [0.15, 0.2) is 5.76 Å². The first-order chi connectivity index (χ1) is 14.6. The highest BCUT2D eigenvalue weighted by molar-refractivity contribution is 5.94. The van der Waals surface area contributed by atoms with E-state index in [1.807, 2.05) is 42.5 Å². The van der Waals surface area contributed by atoms with E-state index in [0.29, 0.717) is 24.5 Å². The van der Waals surface area contributed by atoms with Gasteiger partial charge in [0.1, 0.15) is 24.2 Å². The van der Waals surface area contributed by atoms with Crippen LogP contribution in [0.5, 0.6) is 5.75 Å². The lowest BCUT2D eigenvalue weighted by atomic mass is 10.0. The summed E-state index contributed by atoms with van der Waals surface area (Å²) >= 11 is 0. The Morgan fingerprint density at radius 3 is 2.43 bits per heavy atom. The Morgan fingerprint density at radius 1 is 0.967 bits per heavy atom. The van der Waals surface area contributed by atoms with Gasteiger partial charge < -0.3 is 19.2 Å². The number of nitrogens with zero attached hydrogens (tertiary/aromatic N) is 1. The van der Waals surface area contributed by atoms with E-state index in [0.717, 1.165) is 24.0 Å². The zero-order chi connectivity index (χ0) is 20.9. The molecule has 6 heteroatoms. The van der Waals surface area contributed by atoms with Gasteiger partial charge in [0.25, 0.3) is 5.91 Å². The van der Waals surface area contributed by atoms with Crippen LogP contribution in [0, 0.1) is 0 Å². The molecule has 4 rings (SSSR count). The molecule has 1 aliphatic rings. The van der Waals surface area contributed by atoms with Gasteiger partial charge in [0.05, 0.1) is 0 Å². The Balaban J connectivity index is 1.38. The topological polar surface area (TPSA) is 80.0 Å². The number of amides is 1. The lowest BCUT2D eigenvalue weighted by molar-refractivity contribution is -0.143. The number of rotatable bonds is 6. The molecule has 0 spiro atoms. The monoisotopic (exact) mass is 405 g/mol. The van der Waals surface area contributed by atoms with E-state index in [2.05, 4.69) is 12.1 Å². The van der Waals surface area contributed by atoms with Crippen molar-refractivity contribution in [2.75, 3.05) is 6.54 Å². The molecule has 1 aromatic heterocycles. The number of likely N-dealkylation sites (tertiary alicyclic amines) is 1. The zero-order valence-electron chi connectivity index (χ0n) is 16.5.